The lowest BCUT2D eigenvalue weighted by Gasteiger charge is -2.17. The number of carbonyl (C=O) groups excluding carboxylic acids is 3. The molecule has 1 atom stereocenters. The number of methoxy groups -OCH3 is 2. The average molecular weight is 370 g/mol. The van der Waals surface area contributed by atoms with Crippen LogP contribution in [0, 0.1) is 0 Å². The van der Waals surface area contributed by atoms with E-state index in [1.54, 1.807) is 43.5 Å². The predicted molar refractivity (Wildman–Crippen MR) is 101 cm³/mol. The number of carbonyl (C=O) groups is 3. The number of nitrogens with one attached hydrogen (secondary N) is 2. The summed E-state index contributed by atoms with van der Waals surface area (Å²) in [5, 5.41) is 5.30. The normalized spacial score (nSPS) is 11.2. The monoisotopic (exact) mass is 370 g/mol. The third kappa shape index (κ3) is 5.85. The van der Waals surface area contributed by atoms with Gasteiger partial charge < -0.3 is 20.1 Å². The van der Waals surface area contributed by atoms with Gasteiger partial charge in [-0.05, 0) is 35.9 Å². The maximum Gasteiger partial charge on any atom is 0.328 e. The molecule has 27 heavy (non-hydrogen) atoms. The van der Waals surface area contributed by atoms with Crippen LogP contribution in [0.1, 0.15) is 22.8 Å². The smallest absolute Gasteiger partial charge is 0.328 e. The van der Waals surface area contributed by atoms with Gasteiger partial charge in [0.15, 0.2) is 0 Å². The van der Waals surface area contributed by atoms with Crippen LogP contribution in [0.2, 0.25) is 0 Å². The zero-order valence-electron chi connectivity index (χ0n) is 15.4. The summed E-state index contributed by atoms with van der Waals surface area (Å²) in [6, 6.07) is 12.8. The Hall–Kier alpha value is -3.35. The molecule has 0 saturated carbocycles. The van der Waals surface area contributed by atoms with Crippen molar-refractivity contribution in [2.75, 3.05) is 19.5 Å². The number of esters is 1. The molecule has 2 amide bonds. The standard InChI is InChI=1S/C20H22N2O5/c1-13(23)21-16-6-4-5-15(12-16)19(24)22-18(20(25)27-3)11-14-7-9-17(26-2)10-8-14/h4-10,12,18H,11H2,1-3H3,(H,21,23)(H,22,24)/t18-/m1/s1. The number of amides is 2. The highest BCUT2D eigenvalue weighted by molar-refractivity contribution is 5.98. The van der Waals surface area contributed by atoms with Crippen LogP contribution >= 0.6 is 0 Å². The van der Waals surface area contributed by atoms with Gasteiger partial charge in [0.1, 0.15) is 11.8 Å². The van der Waals surface area contributed by atoms with Crippen molar-refractivity contribution >= 4 is 23.5 Å². The van der Waals surface area contributed by atoms with E-state index in [9.17, 15) is 14.4 Å². The summed E-state index contributed by atoms with van der Waals surface area (Å²) in [5.74, 6) is -0.519. The number of anilines is 1. The van der Waals surface area contributed by atoms with Gasteiger partial charge in [-0.1, -0.05) is 18.2 Å². The third-order valence-electron chi connectivity index (χ3n) is 3.84. The lowest BCUT2D eigenvalue weighted by Crippen LogP contribution is -2.43. The first-order valence-corrected chi connectivity index (χ1v) is 8.32. The molecule has 7 nitrogen and oxygen atoms in total. The number of ether oxygens (including phenoxy) is 2. The van der Waals surface area contributed by atoms with Crippen molar-refractivity contribution in [1.82, 2.24) is 5.32 Å². The maximum atomic E-state index is 12.6. The van der Waals surface area contributed by atoms with E-state index in [2.05, 4.69) is 10.6 Å². The van der Waals surface area contributed by atoms with Gasteiger partial charge in [0.25, 0.3) is 5.91 Å². The molecule has 0 unspecified atom stereocenters. The molecule has 0 aliphatic carbocycles. The fourth-order valence-corrected chi connectivity index (χ4v) is 2.52. The quantitative estimate of drug-likeness (QED) is 0.729. The zero-order chi connectivity index (χ0) is 19.8. The van der Waals surface area contributed by atoms with E-state index in [0.717, 1.165) is 5.56 Å². The van der Waals surface area contributed by atoms with Crippen LogP contribution in [0.4, 0.5) is 5.69 Å². The van der Waals surface area contributed by atoms with Crippen molar-refractivity contribution in [3.63, 3.8) is 0 Å². The maximum absolute atomic E-state index is 12.6. The zero-order valence-corrected chi connectivity index (χ0v) is 15.4. The largest absolute Gasteiger partial charge is 0.497 e. The van der Waals surface area contributed by atoms with Crippen molar-refractivity contribution in [2.24, 2.45) is 0 Å². The summed E-state index contributed by atoms with van der Waals surface area (Å²) >= 11 is 0. The number of hydrogen-bond donors (Lipinski definition) is 2. The number of rotatable bonds is 7. The van der Waals surface area contributed by atoms with E-state index >= 15 is 0 Å². The van der Waals surface area contributed by atoms with Gasteiger partial charge in [0, 0.05) is 24.6 Å². The fourth-order valence-electron chi connectivity index (χ4n) is 2.52. The molecule has 142 valence electrons. The van der Waals surface area contributed by atoms with E-state index in [1.165, 1.54) is 14.0 Å². The first-order valence-electron chi connectivity index (χ1n) is 8.32. The highest BCUT2D eigenvalue weighted by Gasteiger charge is 2.23. The molecule has 2 aromatic rings. The minimum atomic E-state index is -0.847. The van der Waals surface area contributed by atoms with Crippen molar-refractivity contribution in [3.8, 4) is 5.75 Å². The van der Waals surface area contributed by atoms with Crippen molar-refractivity contribution < 1.29 is 23.9 Å². The van der Waals surface area contributed by atoms with E-state index in [0.29, 0.717) is 17.0 Å². The second kappa shape index (κ2) is 9.38. The Morgan fingerprint density at radius 3 is 2.33 bits per heavy atom. The minimum absolute atomic E-state index is 0.237. The molecule has 0 aliphatic heterocycles. The summed E-state index contributed by atoms with van der Waals surface area (Å²) in [4.78, 5) is 35.8. The Balaban J connectivity index is 2.13. The Morgan fingerprint density at radius 1 is 1.04 bits per heavy atom. The molecule has 2 N–H and O–H groups in total. The van der Waals surface area contributed by atoms with Gasteiger partial charge >= 0.3 is 5.97 Å². The van der Waals surface area contributed by atoms with Gasteiger partial charge in [-0.25, -0.2) is 4.79 Å². The molecule has 0 radical (unpaired) electrons. The Bertz CT molecular complexity index is 817. The molecule has 7 heteroatoms. The molecule has 0 heterocycles. The van der Waals surface area contributed by atoms with Crippen LogP contribution in [-0.4, -0.2) is 38.0 Å². The van der Waals surface area contributed by atoms with Gasteiger partial charge in [-0.3, -0.25) is 9.59 Å². The van der Waals surface area contributed by atoms with E-state index < -0.39 is 17.9 Å². The molecule has 0 bridgehead atoms. The SMILES string of the molecule is COC(=O)[C@@H](Cc1ccc(OC)cc1)NC(=O)c1cccc(NC(C)=O)c1. The van der Waals surface area contributed by atoms with Gasteiger partial charge in [-0.2, -0.15) is 0 Å². The molecule has 0 aliphatic rings. The first-order chi connectivity index (χ1) is 12.9. The van der Waals surface area contributed by atoms with Crippen LogP contribution < -0.4 is 15.4 Å². The molecule has 0 aromatic heterocycles. The summed E-state index contributed by atoms with van der Waals surface area (Å²) in [5.41, 5.74) is 1.67. The second-order valence-corrected chi connectivity index (χ2v) is 5.86. The van der Waals surface area contributed by atoms with E-state index in [1.807, 2.05) is 12.1 Å². The van der Waals surface area contributed by atoms with Crippen LogP contribution in [0.15, 0.2) is 48.5 Å². The molecule has 0 spiro atoms. The van der Waals surface area contributed by atoms with Gasteiger partial charge in [0.2, 0.25) is 5.91 Å². The summed E-state index contributed by atoms with van der Waals surface area (Å²) in [6.45, 7) is 1.38. The highest BCUT2D eigenvalue weighted by Crippen LogP contribution is 2.14. The highest BCUT2D eigenvalue weighted by atomic mass is 16.5. The van der Waals surface area contributed by atoms with E-state index in [4.69, 9.17) is 9.47 Å². The topological polar surface area (TPSA) is 93.7 Å². The molecular weight excluding hydrogens is 348 g/mol. The second-order valence-electron chi connectivity index (χ2n) is 5.86. The molecular formula is C20H22N2O5. The Kier molecular flexibility index (Phi) is 6.93. The van der Waals surface area contributed by atoms with Crippen LogP contribution in [-0.2, 0) is 20.7 Å². The summed E-state index contributed by atoms with van der Waals surface area (Å²) < 4.78 is 9.92. The van der Waals surface area contributed by atoms with Crippen LogP contribution in [0.5, 0.6) is 5.75 Å². The fraction of sp³-hybridized carbons (Fsp3) is 0.250. The molecule has 0 fully saturated rings. The Morgan fingerprint density at radius 2 is 1.74 bits per heavy atom. The van der Waals surface area contributed by atoms with Crippen molar-refractivity contribution in [1.29, 1.82) is 0 Å². The lowest BCUT2D eigenvalue weighted by atomic mass is 10.0. The predicted octanol–water partition coefficient (Wildman–Crippen LogP) is 2.17. The average Bonchev–Trinajstić information content (AvgIpc) is 2.67. The van der Waals surface area contributed by atoms with E-state index in [-0.39, 0.29) is 12.3 Å². The lowest BCUT2D eigenvalue weighted by molar-refractivity contribution is -0.142. The van der Waals surface area contributed by atoms with Crippen LogP contribution in [0.3, 0.4) is 0 Å². The molecule has 0 saturated heterocycles. The summed E-state index contributed by atoms with van der Waals surface area (Å²) in [6.07, 6.45) is 0.272. The third-order valence-corrected chi connectivity index (χ3v) is 3.84. The number of benzene rings is 2. The van der Waals surface area contributed by atoms with Crippen molar-refractivity contribution in [2.45, 2.75) is 19.4 Å². The van der Waals surface area contributed by atoms with Crippen molar-refractivity contribution in [3.05, 3.63) is 59.7 Å². The molecule has 2 rings (SSSR count). The summed E-state index contributed by atoms with van der Waals surface area (Å²) in [7, 11) is 2.84. The molecule has 2 aromatic carbocycles. The minimum Gasteiger partial charge on any atom is -0.497 e. The van der Waals surface area contributed by atoms with Crippen LogP contribution in [0.25, 0.3) is 0 Å². The number of hydrogen-bond acceptors (Lipinski definition) is 5. The first kappa shape index (κ1) is 20.0. The Labute approximate surface area is 157 Å². The van der Waals surface area contributed by atoms with Gasteiger partial charge in [0.05, 0.1) is 14.2 Å². The van der Waals surface area contributed by atoms with Gasteiger partial charge in [-0.15, -0.1) is 0 Å².